The molecule has 8 rings (SSSR count). The predicted octanol–water partition coefficient (Wildman–Crippen LogP) is 11.5. The van der Waals surface area contributed by atoms with Crippen molar-refractivity contribution in [3.05, 3.63) is 189 Å². The molecular formula is C46H52. The molecule has 0 heteroatoms. The van der Waals surface area contributed by atoms with Gasteiger partial charge in [0.05, 0.1) is 0 Å². The van der Waals surface area contributed by atoms with Crippen LogP contribution in [0, 0.1) is 13.8 Å². The Hall–Kier alpha value is -4.16. The van der Waals surface area contributed by atoms with Crippen molar-refractivity contribution in [3.8, 4) is 0 Å². The van der Waals surface area contributed by atoms with Crippen LogP contribution in [0.4, 0.5) is 0 Å². The molecule has 0 amide bonds. The molecule has 0 saturated carbocycles. The van der Waals surface area contributed by atoms with E-state index in [1.165, 1.54) is 77.9 Å². The van der Waals surface area contributed by atoms with Gasteiger partial charge in [0.25, 0.3) is 0 Å². The first-order valence-corrected chi connectivity index (χ1v) is 16.8. The van der Waals surface area contributed by atoms with E-state index in [4.69, 9.17) is 0 Å². The summed E-state index contributed by atoms with van der Waals surface area (Å²) in [5, 5.41) is 0. The van der Waals surface area contributed by atoms with Crippen LogP contribution < -0.4 is 0 Å². The Morgan fingerprint density at radius 2 is 0.891 bits per heavy atom. The quantitative estimate of drug-likeness (QED) is 0.175. The van der Waals surface area contributed by atoms with E-state index < -0.39 is 0 Å². The smallest absolute Gasteiger partial charge is 0.0111 e. The van der Waals surface area contributed by atoms with Gasteiger partial charge in [-0.1, -0.05) is 161 Å². The highest BCUT2D eigenvalue weighted by Crippen LogP contribution is 2.43. The van der Waals surface area contributed by atoms with Gasteiger partial charge in [-0.25, -0.2) is 0 Å². The van der Waals surface area contributed by atoms with Crippen LogP contribution in [0.15, 0.2) is 134 Å². The SMILES string of the molecule is C=C1Cc2cccc(C)c2C1.C=C1Cc2cccc(C)c2C1(C)C.C=C1Cc2ccccc2C1.C=C1Cc2ccccc2C1(C)C. The van der Waals surface area contributed by atoms with Gasteiger partial charge in [-0.15, -0.1) is 0 Å². The van der Waals surface area contributed by atoms with Gasteiger partial charge in [-0.2, -0.15) is 0 Å². The molecule has 4 aromatic carbocycles. The molecule has 0 spiro atoms. The van der Waals surface area contributed by atoms with E-state index in [2.05, 4.69) is 153 Å². The molecule has 236 valence electrons. The second-order valence-electron chi connectivity index (χ2n) is 14.8. The molecule has 0 atom stereocenters. The molecule has 4 aliphatic rings. The summed E-state index contributed by atoms with van der Waals surface area (Å²) in [4.78, 5) is 0. The van der Waals surface area contributed by atoms with Crippen molar-refractivity contribution < 1.29 is 0 Å². The molecule has 0 nitrogen and oxygen atoms in total. The molecule has 0 aliphatic heterocycles. The Balaban J connectivity index is 0.000000121. The highest BCUT2D eigenvalue weighted by Gasteiger charge is 2.34. The third-order valence-corrected chi connectivity index (χ3v) is 10.6. The highest BCUT2D eigenvalue weighted by molar-refractivity contribution is 5.52. The number of allylic oxidation sites excluding steroid dienone is 4. The van der Waals surface area contributed by atoms with E-state index >= 15 is 0 Å². The monoisotopic (exact) mass is 604 g/mol. The first-order chi connectivity index (χ1) is 21.8. The predicted molar refractivity (Wildman–Crippen MR) is 200 cm³/mol. The summed E-state index contributed by atoms with van der Waals surface area (Å²) >= 11 is 0. The van der Waals surface area contributed by atoms with Crippen LogP contribution in [0.5, 0.6) is 0 Å². The minimum atomic E-state index is 0.181. The lowest BCUT2D eigenvalue weighted by atomic mass is 9.81. The standard InChI is InChI=1S/C13H16.C12H14.C11H12.C10H10/c1-9-6-5-7-11-8-10(2)13(3,4)12(9)11;1-9-8-10-6-4-5-7-11(10)12(9,2)3;1-8-6-10-5-3-4-9(2)11(10)7-8;1-8-6-9-4-2-3-5-10(9)7-8/h5-7H,2,8H2,1,3-4H3;4-7H,1,8H2,2-3H3;3-5H,1,6-7H2,2H3;2-5H,1,6-7H2. The van der Waals surface area contributed by atoms with E-state index in [1.54, 1.807) is 0 Å². The van der Waals surface area contributed by atoms with Crippen molar-refractivity contribution >= 4 is 0 Å². The van der Waals surface area contributed by atoms with E-state index in [9.17, 15) is 0 Å². The summed E-state index contributed by atoms with van der Waals surface area (Å²) in [6.07, 6.45) is 6.50. The van der Waals surface area contributed by atoms with Crippen molar-refractivity contribution in [1.82, 2.24) is 0 Å². The zero-order valence-electron chi connectivity index (χ0n) is 29.2. The van der Waals surface area contributed by atoms with Crippen LogP contribution in [-0.4, -0.2) is 0 Å². The summed E-state index contributed by atoms with van der Waals surface area (Å²) in [5.74, 6) is 0. The second-order valence-corrected chi connectivity index (χ2v) is 14.8. The number of hydrogen-bond donors (Lipinski definition) is 0. The minimum absolute atomic E-state index is 0.181. The molecule has 0 saturated heterocycles. The Kier molecular flexibility index (Phi) is 9.59. The zero-order valence-corrected chi connectivity index (χ0v) is 29.2. The fourth-order valence-electron chi connectivity index (χ4n) is 7.59. The van der Waals surface area contributed by atoms with Crippen LogP contribution in [0.3, 0.4) is 0 Å². The van der Waals surface area contributed by atoms with E-state index in [0.717, 1.165) is 38.5 Å². The number of benzene rings is 4. The lowest BCUT2D eigenvalue weighted by Gasteiger charge is -2.22. The van der Waals surface area contributed by atoms with Crippen LogP contribution in [0.1, 0.15) is 83.3 Å². The average molecular weight is 605 g/mol. The molecule has 0 unspecified atom stereocenters. The van der Waals surface area contributed by atoms with Gasteiger partial charge in [0.15, 0.2) is 0 Å². The number of rotatable bonds is 0. The van der Waals surface area contributed by atoms with Gasteiger partial charge in [0, 0.05) is 10.8 Å². The Bertz CT molecular complexity index is 1790. The number of hydrogen-bond acceptors (Lipinski definition) is 0. The maximum atomic E-state index is 4.16. The Morgan fingerprint density at radius 1 is 0.435 bits per heavy atom. The average Bonchev–Trinajstić information content (AvgIpc) is 3.71. The summed E-state index contributed by atoms with van der Waals surface area (Å²) in [5.41, 5.74) is 20.4. The van der Waals surface area contributed by atoms with E-state index in [0.29, 0.717) is 0 Å². The first-order valence-electron chi connectivity index (χ1n) is 16.8. The second kappa shape index (κ2) is 13.3. The summed E-state index contributed by atoms with van der Waals surface area (Å²) < 4.78 is 0. The van der Waals surface area contributed by atoms with Crippen molar-refractivity contribution in [3.63, 3.8) is 0 Å². The van der Waals surface area contributed by atoms with Gasteiger partial charge >= 0.3 is 0 Å². The van der Waals surface area contributed by atoms with Crippen molar-refractivity contribution in [2.45, 2.75) is 90.9 Å². The maximum Gasteiger partial charge on any atom is 0.0111 e. The topological polar surface area (TPSA) is 0 Å². The van der Waals surface area contributed by atoms with Crippen molar-refractivity contribution in [2.75, 3.05) is 0 Å². The molecule has 46 heavy (non-hydrogen) atoms. The Labute approximate surface area is 279 Å². The van der Waals surface area contributed by atoms with E-state index in [1.807, 2.05) is 0 Å². The van der Waals surface area contributed by atoms with Crippen LogP contribution in [0.2, 0.25) is 0 Å². The summed E-state index contributed by atoms with van der Waals surface area (Å²) in [6.45, 7) is 29.7. The third kappa shape index (κ3) is 6.82. The lowest BCUT2D eigenvalue weighted by Crippen LogP contribution is -2.15. The lowest BCUT2D eigenvalue weighted by molar-refractivity contribution is 0.642. The summed E-state index contributed by atoms with van der Waals surface area (Å²) in [6, 6.07) is 30.3. The van der Waals surface area contributed by atoms with Crippen LogP contribution >= 0.6 is 0 Å². The third-order valence-electron chi connectivity index (χ3n) is 10.6. The van der Waals surface area contributed by atoms with Crippen molar-refractivity contribution in [1.29, 1.82) is 0 Å². The molecule has 4 aromatic rings. The largest absolute Gasteiger partial charge is 0.0992 e. The number of fused-ring (bicyclic) bond motifs is 4. The normalized spacial score (nSPS) is 17.3. The maximum absolute atomic E-state index is 4.16. The summed E-state index contributed by atoms with van der Waals surface area (Å²) in [7, 11) is 0. The molecule has 4 aliphatic carbocycles. The molecule has 0 fully saturated rings. The molecule has 0 N–H and O–H groups in total. The number of aryl methyl sites for hydroxylation is 2. The van der Waals surface area contributed by atoms with Crippen LogP contribution in [-0.2, 0) is 49.4 Å². The van der Waals surface area contributed by atoms with Gasteiger partial charge in [-0.05, 0) is 108 Å². The minimum Gasteiger partial charge on any atom is -0.0992 e. The van der Waals surface area contributed by atoms with Crippen LogP contribution in [0.25, 0.3) is 0 Å². The molecule has 0 radical (unpaired) electrons. The van der Waals surface area contributed by atoms with Gasteiger partial charge in [-0.3, -0.25) is 0 Å². The molecule has 0 bridgehead atoms. The first kappa shape index (κ1) is 33.2. The van der Waals surface area contributed by atoms with Gasteiger partial charge in [0.2, 0.25) is 0 Å². The van der Waals surface area contributed by atoms with E-state index in [-0.39, 0.29) is 10.8 Å². The molecule has 0 heterocycles. The zero-order chi connectivity index (χ0) is 33.2. The highest BCUT2D eigenvalue weighted by atomic mass is 14.4. The molecule has 0 aromatic heterocycles. The molecular weight excluding hydrogens is 553 g/mol. The van der Waals surface area contributed by atoms with Gasteiger partial charge < -0.3 is 0 Å². The fraction of sp³-hybridized carbons (Fsp3) is 0.304. The Morgan fingerprint density at radius 3 is 1.48 bits per heavy atom. The van der Waals surface area contributed by atoms with Crippen molar-refractivity contribution in [2.24, 2.45) is 0 Å². The van der Waals surface area contributed by atoms with Gasteiger partial charge in [0.1, 0.15) is 0 Å². The fourth-order valence-corrected chi connectivity index (χ4v) is 7.59.